The number of anilines is 1. The highest BCUT2D eigenvalue weighted by atomic mass is 16.5. The van der Waals surface area contributed by atoms with E-state index in [2.05, 4.69) is 15.5 Å². The molecular formula is C22H20N4O2. The molecule has 1 heterocycles. The minimum atomic E-state index is -0.151. The molecule has 1 aromatic heterocycles. The highest BCUT2D eigenvalue weighted by molar-refractivity contribution is 6.05. The van der Waals surface area contributed by atoms with Crippen molar-refractivity contribution >= 4 is 22.6 Å². The first kappa shape index (κ1) is 17.7. The number of hydrogen-bond donors (Lipinski definition) is 1. The van der Waals surface area contributed by atoms with Crippen molar-refractivity contribution in [2.45, 2.75) is 13.8 Å². The second-order valence-corrected chi connectivity index (χ2v) is 6.44. The molecule has 0 spiro atoms. The van der Waals surface area contributed by atoms with Gasteiger partial charge in [-0.3, -0.25) is 4.79 Å². The Hall–Kier alpha value is -3.67. The van der Waals surface area contributed by atoms with Gasteiger partial charge < -0.3 is 10.1 Å². The summed E-state index contributed by atoms with van der Waals surface area (Å²) in [5.41, 5.74) is 4.64. The van der Waals surface area contributed by atoms with E-state index in [9.17, 15) is 4.79 Å². The van der Waals surface area contributed by atoms with Crippen LogP contribution in [-0.2, 0) is 0 Å². The molecule has 0 aliphatic heterocycles. The summed E-state index contributed by atoms with van der Waals surface area (Å²) in [6.07, 6.45) is 0. The third-order valence-electron chi connectivity index (χ3n) is 4.30. The minimum Gasteiger partial charge on any atom is -0.494 e. The predicted octanol–water partition coefficient (Wildman–Crippen LogP) is 4.38. The molecule has 6 heteroatoms. The summed E-state index contributed by atoms with van der Waals surface area (Å²) in [6.45, 7) is 4.54. The van der Waals surface area contributed by atoms with Gasteiger partial charge in [0.05, 0.1) is 12.3 Å². The Balaban J connectivity index is 1.57. The Bertz CT molecular complexity index is 1130. The van der Waals surface area contributed by atoms with Crippen molar-refractivity contribution in [3.8, 4) is 11.4 Å². The molecule has 4 rings (SSSR count). The zero-order chi connectivity index (χ0) is 19.5. The number of benzene rings is 3. The molecule has 0 unspecified atom stereocenters. The largest absolute Gasteiger partial charge is 0.494 e. The van der Waals surface area contributed by atoms with Crippen molar-refractivity contribution in [3.63, 3.8) is 0 Å². The number of nitrogens with zero attached hydrogens (tertiary/aromatic N) is 3. The third kappa shape index (κ3) is 3.71. The number of nitrogens with one attached hydrogen (secondary N) is 1. The van der Waals surface area contributed by atoms with Crippen LogP contribution in [0.3, 0.4) is 0 Å². The van der Waals surface area contributed by atoms with Crippen LogP contribution in [-0.4, -0.2) is 27.5 Å². The Kier molecular flexibility index (Phi) is 4.76. The summed E-state index contributed by atoms with van der Waals surface area (Å²) in [5.74, 6) is 0.658. The van der Waals surface area contributed by atoms with Crippen LogP contribution in [0, 0.1) is 6.92 Å². The zero-order valence-corrected chi connectivity index (χ0v) is 15.7. The number of amides is 1. The number of ether oxygens (including phenoxy) is 1. The molecule has 1 amide bonds. The summed E-state index contributed by atoms with van der Waals surface area (Å²) >= 11 is 0. The van der Waals surface area contributed by atoms with E-state index in [1.54, 1.807) is 10.9 Å². The van der Waals surface area contributed by atoms with Crippen LogP contribution in [0.4, 0.5) is 5.69 Å². The highest BCUT2D eigenvalue weighted by Gasteiger charge is 2.09. The summed E-state index contributed by atoms with van der Waals surface area (Å²) in [6, 6.07) is 20.6. The number of hydrogen-bond acceptors (Lipinski definition) is 4. The lowest BCUT2D eigenvalue weighted by molar-refractivity contribution is 0.102. The van der Waals surface area contributed by atoms with Gasteiger partial charge >= 0.3 is 0 Å². The number of aromatic nitrogens is 3. The molecule has 28 heavy (non-hydrogen) atoms. The number of fused-ring (bicyclic) bond motifs is 1. The Labute approximate surface area is 162 Å². The molecule has 0 saturated carbocycles. The maximum atomic E-state index is 12.5. The molecule has 140 valence electrons. The first-order chi connectivity index (χ1) is 13.6. The van der Waals surface area contributed by atoms with Crippen LogP contribution in [0.25, 0.3) is 16.7 Å². The maximum Gasteiger partial charge on any atom is 0.255 e. The van der Waals surface area contributed by atoms with Crippen LogP contribution in [0.1, 0.15) is 22.8 Å². The first-order valence-electron chi connectivity index (χ1n) is 9.11. The normalized spacial score (nSPS) is 10.8. The lowest BCUT2D eigenvalue weighted by atomic mass is 10.1. The van der Waals surface area contributed by atoms with Gasteiger partial charge in [-0.25, -0.2) is 0 Å². The summed E-state index contributed by atoms with van der Waals surface area (Å²) < 4.78 is 5.46. The average molecular weight is 372 g/mol. The fourth-order valence-corrected chi connectivity index (χ4v) is 2.94. The number of rotatable bonds is 5. The molecule has 0 bridgehead atoms. The predicted molar refractivity (Wildman–Crippen MR) is 109 cm³/mol. The first-order valence-corrected chi connectivity index (χ1v) is 9.11. The molecular weight excluding hydrogens is 352 g/mol. The van der Waals surface area contributed by atoms with E-state index in [0.717, 1.165) is 22.5 Å². The van der Waals surface area contributed by atoms with Gasteiger partial charge in [-0.15, -0.1) is 10.2 Å². The van der Waals surface area contributed by atoms with Crippen molar-refractivity contribution in [2.75, 3.05) is 11.9 Å². The van der Waals surface area contributed by atoms with E-state index in [1.165, 1.54) is 0 Å². The molecule has 4 aromatic rings. The van der Waals surface area contributed by atoms with Gasteiger partial charge in [0.2, 0.25) is 0 Å². The van der Waals surface area contributed by atoms with Crippen molar-refractivity contribution < 1.29 is 9.53 Å². The molecule has 0 saturated heterocycles. The van der Waals surface area contributed by atoms with Gasteiger partial charge in [-0.1, -0.05) is 17.7 Å². The van der Waals surface area contributed by atoms with Crippen LogP contribution >= 0.6 is 0 Å². The Morgan fingerprint density at radius 2 is 1.79 bits per heavy atom. The van der Waals surface area contributed by atoms with Crippen molar-refractivity contribution in [2.24, 2.45) is 0 Å². The van der Waals surface area contributed by atoms with E-state index in [4.69, 9.17) is 4.74 Å². The van der Waals surface area contributed by atoms with E-state index in [0.29, 0.717) is 23.4 Å². The lowest BCUT2D eigenvalue weighted by Crippen LogP contribution is -2.11. The standard InChI is InChI=1S/C22H20N4O2/c1-3-28-19-10-8-18(9-11-19)26-24-20-12-7-17(14-21(20)25-26)23-22(27)16-6-4-5-15(2)13-16/h4-14H,3H2,1-2H3,(H,23,27). The highest BCUT2D eigenvalue weighted by Crippen LogP contribution is 2.20. The molecule has 0 aliphatic carbocycles. The van der Waals surface area contributed by atoms with Gasteiger partial charge in [-0.2, -0.15) is 4.80 Å². The monoisotopic (exact) mass is 372 g/mol. The van der Waals surface area contributed by atoms with Gasteiger partial charge in [0.15, 0.2) is 0 Å². The smallest absolute Gasteiger partial charge is 0.255 e. The minimum absolute atomic E-state index is 0.151. The third-order valence-corrected chi connectivity index (χ3v) is 4.30. The second-order valence-electron chi connectivity index (χ2n) is 6.44. The van der Waals surface area contributed by atoms with E-state index in [1.807, 2.05) is 74.5 Å². The summed E-state index contributed by atoms with van der Waals surface area (Å²) in [4.78, 5) is 14.0. The van der Waals surface area contributed by atoms with Gasteiger partial charge in [0.1, 0.15) is 16.8 Å². The van der Waals surface area contributed by atoms with E-state index < -0.39 is 0 Å². The summed E-state index contributed by atoms with van der Waals surface area (Å²) in [7, 11) is 0. The maximum absolute atomic E-state index is 12.5. The molecule has 6 nitrogen and oxygen atoms in total. The SMILES string of the molecule is CCOc1ccc(-n2nc3ccc(NC(=O)c4cccc(C)c4)cc3n2)cc1. The van der Waals surface area contributed by atoms with Crippen LogP contribution in [0.5, 0.6) is 5.75 Å². The van der Waals surface area contributed by atoms with E-state index >= 15 is 0 Å². The zero-order valence-electron chi connectivity index (χ0n) is 15.7. The number of carbonyl (C=O) groups is 1. The number of aryl methyl sites for hydroxylation is 1. The quantitative estimate of drug-likeness (QED) is 0.564. The Morgan fingerprint density at radius 3 is 2.54 bits per heavy atom. The van der Waals surface area contributed by atoms with Crippen LogP contribution < -0.4 is 10.1 Å². The van der Waals surface area contributed by atoms with Gasteiger partial charge in [-0.05, 0) is 68.4 Å². The Morgan fingerprint density at radius 1 is 1.00 bits per heavy atom. The lowest BCUT2D eigenvalue weighted by Gasteiger charge is -2.05. The summed E-state index contributed by atoms with van der Waals surface area (Å²) in [5, 5.41) is 11.9. The average Bonchev–Trinajstić information content (AvgIpc) is 3.12. The fraction of sp³-hybridized carbons (Fsp3) is 0.136. The topological polar surface area (TPSA) is 69.0 Å². The molecule has 0 atom stereocenters. The molecule has 1 N–H and O–H groups in total. The van der Waals surface area contributed by atoms with Crippen molar-refractivity contribution in [1.82, 2.24) is 15.0 Å². The van der Waals surface area contributed by atoms with Crippen molar-refractivity contribution in [1.29, 1.82) is 0 Å². The van der Waals surface area contributed by atoms with Gasteiger partial charge in [0, 0.05) is 11.3 Å². The van der Waals surface area contributed by atoms with Crippen LogP contribution in [0.2, 0.25) is 0 Å². The fourth-order valence-electron chi connectivity index (χ4n) is 2.94. The van der Waals surface area contributed by atoms with Crippen LogP contribution in [0.15, 0.2) is 66.7 Å². The molecule has 0 fully saturated rings. The molecule has 3 aromatic carbocycles. The van der Waals surface area contributed by atoms with Gasteiger partial charge in [0.25, 0.3) is 5.91 Å². The van der Waals surface area contributed by atoms with E-state index in [-0.39, 0.29) is 5.91 Å². The molecule has 0 radical (unpaired) electrons. The number of carbonyl (C=O) groups excluding carboxylic acids is 1. The van der Waals surface area contributed by atoms with Crippen molar-refractivity contribution in [3.05, 3.63) is 77.9 Å². The molecule has 0 aliphatic rings. The second kappa shape index (κ2) is 7.52.